The molecule has 0 heterocycles. The van der Waals surface area contributed by atoms with Crippen LogP contribution in [0.1, 0.15) is 12.8 Å². The summed E-state index contributed by atoms with van der Waals surface area (Å²) in [6, 6.07) is 0. The van der Waals surface area contributed by atoms with Crippen molar-refractivity contribution in [2.24, 2.45) is 0 Å². The Morgan fingerprint density at radius 1 is 1.26 bits per heavy atom. The predicted octanol–water partition coefficient (Wildman–Crippen LogP) is -0.698. The Balaban J connectivity index is 4.50. The van der Waals surface area contributed by atoms with Crippen molar-refractivity contribution < 1.29 is 32.6 Å². The lowest BCUT2D eigenvalue weighted by Crippen LogP contribution is -2.39. The number of ether oxygens (including phenoxy) is 2. The lowest BCUT2D eigenvalue weighted by Gasteiger charge is -2.19. The molecule has 19 heavy (non-hydrogen) atoms. The van der Waals surface area contributed by atoms with E-state index in [2.05, 4.69) is 4.74 Å². The summed E-state index contributed by atoms with van der Waals surface area (Å²) in [5, 5.41) is 8.68. The van der Waals surface area contributed by atoms with E-state index in [1.807, 2.05) is 0 Å². The number of rotatable bonds is 10. The van der Waals surface area contributed by atoms with E-state index in [1.165, 1.54) is 14.2 Å². The quantitative estimate of drug-likeness (QED) is 0.531. The lowest BCUT2D eigenvalue weighted by atomic mass is 10.3. The number of aliphatic carboxylic acids is 1. The second-order valence-electron chi connectivity index (χ2n) is 3.72. The van der Waals surface area contributed by atoms with E-state index < -0.39 is 28.5 Å². The second-order valence-corrected chi connectivity index (χ2v) is 5.80. The summed E-state index contributed by atoms with van der Waals surface area (Å²) in [6.07, 6.45) is 0.0546. The van der Waals surface area contributed by atoms with Crippen molar-refractivity contribution in [2.75, 3.05) is 39.7 Å². The molecule has 9 heteroatoms. The smallest absolute Gasteiger partial charge is 0.318 e. The maximum absolute atomic E-state index is 11.9. The molecule has 0 unspecified atom stereocenters. The third kappa shape index (κ3) is 7.75. The van der Waals surface area contributed by atoms with Gasteiger partial charge in [0.1, 0.15) is 6.54 Å². The highest BCUT2D eigenvalue weighted by Crippen LogP contribution is 2.05. The average molecular weight is 297 g/mol. The second kappa shape index (κ2) is 8.83. The molecule has 0 atom stereocenters. The van der Waals surface area contributed by atoms with Crippen LogP contribution in [0.3, 0.4) is 0 Å². The monoisotopic (exact) mass is 297 g/mol. The number of carbonyl (C=O) groups is 2. The Morgan fingerprint density at radius 2 is 1.89 bits per heavy atom. The fourth-order valence-corrected chi connectivity index (χ4v) is 2.72. The minimum absolute atomic E-state index is 0.0269. The van der Waals surface area contributed by atoms with Gasteiger partial charge in [-0.3, -0.25) is 9.59 Å². The van der Waals surface area contributed by atoms with E-state index in [9.17, 15) is 18.0 Å². The molecule has 0 amide bonds. The zero-order valence-corrected chi connectivity index (χ0v) is 11.8. The van der Waals surface area contributed by atoms with E-state index in [4.69, 9.17) is 9.84 Å². The lowest BCUT2D eigenvalue weighted by molar-refractivity contribution is -0.140. The zero-order valence-electron chi connectivity index (χ0n) is 11.0. The molecule has 0 saturated heterocycles. The fourth-order valence-electron chi connectivity index (χ4n) is 1.29. The Morgan fingerprint density at radius 3 is 2.37 bits per heavy atom. The normalized spacial score (nSPS) is 11.5. The van der Waals surface area contributed by atoms with Gasteiger partial charge in [-0.15, -0.1) is 0 Å². The first kappa shape index (κ1) is 17.8. The van der Waals surface area contributed by atoms with Gasteiger partial charge in [0.15, 0.2) is 0 Å². The van der Waals surface area contributed by atoms with Gasteiger partial charge in [-0.25, -0.2) is 8.42 Å². The minimum atomic E-state index is -3.73. The highest BCUT2D eigenvalue weighted by Gasteiger charge is 2.24. The summed E-state index contributed by atoms with van der Waals surface area (Å²) in [7, 11) is -1.12. The molecule has 0 aromatic carbocycles. The molecule has 0 aliphatic heterocycles. The van der Waals surface area contributed by atoms with E-state index in [1.54, 1.807) is 0 Å². The van der Waals surface area contributed by atoms with Gasteiger partial charge in [0.25, 0.3) is 0 Å². The first-order valence-corrected chi connectivity index (χ1v) is 7.19. The fraction of sp³-hybridized carbons (Fsp3) is 0.800. The number of carbonyl (C=O) groups excluding carboxylic acids is 1. The number of hydrogen-bond acceptors (Lipinski definition) is 6. The van der Waals surface area contributed by atoms with E-state index in [-0.39, 0.29) is 31.7 Å². The van der Waals surface area contributed by atoms with Crippen molar-refractivity contribution in [3.8, 4) is 0 Å². The summed E-state index contributed by atoms with van der Waals surface area (Å²) in [5.74, 6) is -2.05. The Hall–Kier alpha value is -1.19. The molecule has 0 bridgehead atoms. The molecule has 0 rings (SSSR count). The number of sulfonamides is 1. The Kier molecular flexibility index (Phi) is 8.28. The standard InChI is InChI=1S/C10H19NO7S/c1-17-6-5-11(8-9(12)13)19(15,16)7-3-4-10(14)18-2/h3-8H2,1-2H3,(H,12,13). The van der Waals surface area contributed by atoms with E-state index in [0.29, 0.717) is 0 Å². The van der Waals surface area contributed by atoms with Crippen molar-refractivity contribution in [3.05, 3.63) is 0 Å². The molecule has 0 saturated carbocycles. The van der Waals surface area contributed by atoms with Gasteiger partial charge in [-0.05, 0) is 6.42 Å². The Bertz CT molecular complexity index is 393. The summed E-state index contributed by atoms with van der Waals surface area (Å²) < 4.78 is 33.8. The van der Waals surface area contributed by atoms with Crippen molar-refractivity contribution in [1.29, 1.82) is 0 Å². The number of hydrogen-bond donors (Lipinski definition) is 1. The molecule has 0 fully saturated rings. The van der Waals surface area contributed by atoms with Gasteiger partial charge >= 0.3 is 11.9 Å². The van der Waals surface area contributed by atoms with Crippen LogP contribution in [-0.2, 0) is 29.1 Å². The first-order valence-electron chi connectivity index (χ1n) is 5.59. The molecule has 0 aliphatic rings. The van der Waals surface area contributed by atoms with E-state index in [0.717, 1.165) is 4.31 Å². The highest BCUT2D eigenvalue weighted by atomic mass is 32.2. The summed E-state index contributed by atoms with van der Waals surface area (Å²) >= 11 is 0. The van der Waals surface area contributed by atoms with Crippen LogP contribution in [0.2, 0.25) is 0 Å². The SMILES string of the molecule is COCCN(CC(=O)O)S(=O)(=O)CCCC(=O)OC. The number of esters is 1. The minimum Gasteiger partial charge on any atom is -0.480 e. The molecular formula is C10H19NO7S. The largest absolute Gasteiger partial charge is 0.480 e. The molecule has 0 aromatic rings. The van der Waals surface area contributed by atoms with Gasteiger partial charge in [-0.2, -0.15) is 4.31 Å². The molecular weight excluding hydrogens is 278 g/mol. The Labute approximate surface area is 112 Å². The number of carboxylic acids is 1. The van der Waals surface area contributed by atoms with Crippen LogP contribution in [-0.4, -0.2) is 69.4 Å². The summed E-state index contributed by atoms with van der Waals surface area (Å²) in [5.41, 5.74) is 0. The molecule has 0 aromatic heterocycles. The first-order chi connectivity index (χ1) is 8.83. The van der Waals surface area contributed by atoms with Crippen LogP contribution in [0, 0.1) is 0 Å². The van der Waals surface area contributed by atoms with Crippen molar-refractivity contribution in [2.45, 2.75) is 12.8 Å². The molecule has 0 aliphatic carbocycles. The van der Waals surface area contributed by atoms with Crippen molar-refractivity contribution >= 4 is 22.0 Å². The third-order valence-electron chi connectivity index (χ3n) is 2.26. The van der Waals surface area contributed by atoms with Crippen LogP contribution in [0.4, 0.5) is 0 Å². The molecule has 0 spiro atoms. The van der Waals surface area contributed by atoms with Crippen LogP contribution in [0.15, 0.2) is 0 Å². The van der Waals surface area contributed by atoms with Crippen LogP contribution in [0.25, 0.3) is 0 Å². The summed E-state index contributed by atoms with van der Waals surface area (Å²) in [4.78, 5) is 21.5. The van der Waals surface area contributed by atoms with Crippen LogP contribution >= 0.6 is 0 Å². The number of methoxy groups -OCH3 is 2. The van der Waals surface area contributed by atoms with Gasteiger partial charge in [0.2, 0.25) is 10.0 Å². The molecule has 8 nitrogen and oxygen atoms in total. The maximum Gasteiger partial charge on any atom is 0.318 e. The van der Waals surface area contributed by atoms with Crippen LogP contribution < -0.4 is 0 Å². The predicted molar refractivity (Wildman–Crippen MR) is 66.1 cm³/mol. The molecule has 0 radical (unpaired) electrons. The third-order valence-corrected chi connectivity index (χ3v) is 4.16. The van der Waals surface area contributed by atoms with Gasteiger partial charge in [-0.1, -0.05) is 0 Å². The van der Waals surface area contributed by atoms with Gasteiger partial charge in [0, 0.05) is 20.1 Å². The van der Waals surface area contributed by atoms with Crippen LogP contribution in [0.5, 0.6) is 0 Å². The zero-order chi connectivity index (χ0) is 14.9. The number of nitrogens with zero attached hydrogens (tertiary/aromatic N) is 1. The average Bonchev–Trinajstić information content (AvgIpc) is 2.33. The van der Waals surface area contributed by atoms with Gasteiger partial charge in [0.05, 0.1) is 19.5 Å². The van der Waals surface area contributed by atoms with Gasteiger partial charge < -0.3 is 14.6 Å². The maximum atomic E-state index is 11.9. The van der Waals surface area contributed by atoms with Crippen molar-refractivity contribution in [3.63, 3.8) is 0 Å². The number of carboxylic acid groups (broad SMARTS) is 1. The highest BCUT2D eigenvalue weighted by molar-refractivity contribution is 7.89. The molecule has 112 valence electrons. The van der Waals surface area contributed by atoms with E-state index >= 15 is 0 Å². The topological polar surface area (TPSA) is 110 Å². The summed E-state index contributed by atoms with van der Waals surface area (Å²) in [6.45, 7) is -0.559. The molecule has 1 N–H and O–H groups in total. The van der Waals surface area contributed by atoms with Crippen molar-refractivity contribution in [1.82, 2.24) is 4.31 Å².